The summed E-state index contributed by atoms with van der Waals surface area (Å²) < 4.78 is 13.0. The van der Waals surface area contributed by atoms with Gasteiger partial charge in [0.25, 0.3) is 5.91 Å². The molecule has 1 amide bonds. The Morgan fingerprint density at radius 1 is 1.16 bits per heavy atom. The van der Waals surface area contributed by atoms with Gasteiger partial charge in [0, 0.05) is 43.5 Å². The van der Waals surface area contributed by atoms with E-state index in [4.69, 9.17) is 0 Å². The minimum atomic E-state index is -0.300. The Bertz CT molecular complexity index is 1100. The Morgan fingerprint density at radius 3 is 2.66 bits per heavy atom. The molecule has 1 unspecified atom stereocenters. The van der Waals surface area contributed by atoms with Crippen LogP contribution in [0.1, 0.15) is 57.7 Å². The normalized spacial score (nSPS) is 16.1. The fourth-order valence-electron chi connectivity index (χ4n) is 4.04. The van der Waals surface area contributed by atoms with E-state index in [1.165, 1.54) is 12.1 Å². The summed E-state index contributed by atoms with van der Waals surface area (Å²) >= 11 is 0. The zero-order chi connectivity index (χ0) is 22.7. The number of halogens is 1. The number of aryl methyl sites for hydroxylation is 3. The number of nitrogens with one attached hydrogen (secondary N) is 1. The van der Waals surface area contributed by atoms with E-state index < -0.39 is 0 Å². The molecule has 32 heavy (non-hydrogen) atoms. The van der Waals surface area contributed by atoms with Crippen LogP contribution in [-0.2, 0) is 6.54 Å². The van der Waals surface area contributed by atoms with Gasteiger partial charge in [-0.2, -0.15) is 0 Å². The zero-order valence-electron chi connectivity index (χ0n) is 18.6. The van der Waals surface area contributed by atoms with Crippen molar-refractivity contribution in [3.05, 3.63) is 76.5 Å². The van der Waals surface area contributed by atoms with Crippen LogP contribution in [0.4, 0.5) is 10.2 Å². The summed E-state index contributed by atoms with van der Waals surface area (Å²) in [5.74, 6) is 2.10. The van der Waals surface area contributed by atoms with Crippen LogP contribution in [-0.4, -0.2) is 38.9 Å². The summed E-state index contributed by atoms with van der Waals surface area (Å²) in [6, 6.07) is 8.07. The Morgan fingerprint density at radius 2 is 1.94 bits per heavy atom. The number of piperidine rings is 1. The van der Waals surface area contributed by atoms with Crippen LogP contribution < -0.4 is 10.2 Å². The van der Waals surface area contributed by atoms with Gasteiger partial charge in [0.2, 0.25) is 0 Å². The van der Waals surface area contributed by atoms with Gasteiger partial charge in [-0.25, -0.2) is 24.3 Å². The van der Waals surface area contributed by atoms with Crippen molar-refractivity contribution in [1.82, 2.24) is 25.3 Å². The fraction of sp³-hybridized carbons (Fsp3) is 0.375. The van der Waals surface area contributed by atoms with E-state index in [9.17, 15) is 9.18 Å². The molecule has 7 nitrogen and oxygen atoms in total. The predicted octanol–water partition coefficient (Wildman–Crippen LogP) is 3.64. The molecule has 1 saturated heterocycles. The van der Waals surface area contributed by atoms with Crippen LogP contribution in [0.15, 0.2) is 36.5 Å². The van der Waals surface area contributed by atoms with E-state index in [0.717, 1.165) is 54.7 Å². The maximum Gasteiger partial charge on any atom is 0.254 e. The number of nitrogens with zero attached hydrogens (tertiary/aromatic N) is 5. The lowest BCUT2D eigenvalue weighted by molar-refractivity contribution is 0.0949. The monoisotopic (exact) mass is 434 g/mol. The van der Waals surface area contributed by atoms with Crippen LogP contribution in [0, 0.1) is 26.6 Å². The van der Waals surface area contributed by atoms with E-state index >= 15 is 0 Å². The van der Waals surface area contributed by atoms with Crippen molar-refractivity contribution < 1.29 is 9.18 Å². The number of anilines is 1. The highest BCUT2D eigenvalue weighted by Gasteiger charge is 2.25. The lowest BCUT2D eigenvalue weighted by Crippen LogP contribution is -2.36. The highest BCUT2D eigenvalue weighted by Crippen LogP contribution is 2.28. The van der Waals surface area contributed by atoms with Crippen LogP contribution in [0.5, 0.6) is 0 Å². The number of hydrogen-bond acceptors (Lipinski definition) is 6. The second kappa shape index (κ2) is 9.38. The Hall–Kier alpha value is -3.42. The van der Waals surface area contributed by atoms with E-state index in [-0.39, 0.29) is 17.6 Å². The number of amides is 1. The number of aromatic nitrogens is 4. The average Bonchev–Trinajstić information content (AvgIpc) is 2.78. The minimum absolute atomic E-state index is 0.175. The van der Waals surface area contributed by atoms with Gasteiger partial charge in [-0.15, -0.1) is 0 Å². The van der Waals surface area contributed by atoms with Crippen LogP contribution in [0.3, 0.4) is 0 Å². The lowest BCUT2D eigenvalue weighted by atomic mass is 9.96. The van der Waals surface area contributed by atoms with E-state index in [1.54, 1.807) is 18.3 Å². The van der Waals surface area contributed by atoms with Gasteiger partial charge >= 0.3 is 0 Å². The summed E-state index contributed by atoms with van der Waals surface area (Å²) in [6.07, 6.45) is 3.62. The third kappa shape index (κ3) is 5.07. The molecule has 166 valence electrons. The minimum Gasteiger partial charge on any atom is -0.356 e. The van der Waals surface area contributed by atoms with Gasteiger partial charge in [0.1, 0.15) is 23.3 Å². The summed E-state index contributed by atoms with van der Waals surface area (Å²) in [5, 5.41) is 2.85. The topological polar surface area (TPSA) is 83.9 Å². The molecule has 0 saturated carbocycles. The maximum atomic E-state index is 13.0. The summed E-state index contributed by atoms with van der Waals surface area (Å²) in [5.41, 5.74) is 2.88. The van der Waals surface area contributed by atoms with Crippen molar-refractivity contribution in [2.45, 2.75) is 46.1 Å². The number of carbonyl (C=O) groups is 1. The molecule has 1 N–H and O–H groups in total. The Labute approximate surface area is 187 Å². The number of benzene rings is 1. The molecular weight excluding hydrogens is 407 g/mol. The molecular formula is C24H27FN6O. The van der Waals surface area contributed by atoms with Crippen molar-refractivity contribution in [1.29, 1.82) is 0 Å². The van der Waals surface area contributed by atoms with Crippen molar-refractivity contribution in [3.63, 3.8) is 0 Å². The summed E-state index contributed by atoms with van der Waals surface area (Å²) in [7, 11) is 0. The molecule has 4 rings (SSSR count). The molecule has 2 aromatic heterocycles. The van der Waals surface area contributed by atoms with E-state index in [1.807, 2.05) is 26.8 Å². The number of hydrogen-bond donors (Lipinski definition) is 1. The predicted molar refractivity (Wildman–Crippen MR) is 120 cm³/mol. The zero-order valence-corrected chi connectivity index (χ0v) is 18.6. The first-order chi connectivity index (χ1) is 15.4. The first kappa shape index (κ1) is 21.8. The van der Waals surface area contributed by atoms with Gasteiger partial charge in [-0.1, -0.05) is 12.1 Å². The smallest absolute Gasteiger partial charge is 0.254 e. The first-order valence-electron chi connectivity index (χ1n) is 10.8. The van der Waals surface area contributed by atoms with Gasteiger partial charge < -0.3 is 10.2 Å². The second-order valence-corrected chi connectivity index (χ2v) is 8.24. The van der Waals surface area contributed by atoms with Crippen molar-refractivity contribution in [3.8, 4) is 0 Å². The summed E-state index contributed by atoms with van der Waals surface area (Å²) in [4.78, 5) is 33.0. The molecule has 0 aliphatic carbocycles. The molecule has 0 radical (unpaired) electrons. The molecule has 3 heterocycles. The van der Waals surface area contributed by atoms with Crippen molar-refractivity contribution >= 4 is 11.7 Å². The highest BCUT2D eigenvalue weighted by molar-refractivity contribution is 5.94. The van der Waals surface area contributed by atoms with Gasteiger partial charge in [-0.05, 0) is 51.3 Å². The third-order valence-electron chi connectivity index (χ3n) is 5.67. The molecule has 3 aromatic rings. The van der Waals surface area contributed by atoms with E-state index in [2.05, 4.69) is 30.2 Å². The molecule has 8 heteroatoms. The van der Waals surface area contributed by atoms with Gasteiger partial charge in [0.15, 0.2) is 0 Å². The Kier molecular flexibility index (Phi) is 6.39. The fourth-order valence-corrected chi connectivity index (χ4v) is 4.04. The molecule has 0 bridgehead atoms. The Balaban J connectivity index is 1.43. The molecule has 0 spiro atoms. The molecule has 1 atom stereocenters. The molecule has 1 aliphatic heterocycles. The standard InChI is InChI=1S/C24H27FN6O/c1-15-11-22(30-17(3)28-15)31-10-4-5-19(14-31)23-26-13-21(16(2)29-23)24(32)27-12-18-6-8-20(25)9-7-18/h6-9,11,13,19H,4-5,10,12,14H2,1-3H3,(H,27,32). The largest absolute Gasteiger partial charge is 0.356 e. The van der Waals surface area contributed by atoms with Gasteiger partial charge in [-0.3, -0.25) is 4.79 Å². The lowest BCUT2D eigenvalue weighted by Gasteiger charge is -2.33. The van der Waals surface area contributed by atoms with Crippen LogP contribution >= 0.6 is 0 Å². The molecule has 1 fully saturated rings. The van der Waals surface area contributed by atoms with Crippen molar-refractivity contribution in [2.75, 3.05) is 18.0 Å². The first-order valence-corrected chi connectivity index (χ1v) is 10.8. The average molecular weight is 435 g/mol. The third-order valence-corrected chi connectivity index (χ3v) is 5.67. The van der Waals surface area contributed by atoms with Crippen molar-refractivity contribution in [2.24, 2.45) is 0 Å². The second-order valence-electron chi connectivity index (χ2n) is 8.24. The number of rotatable bonds is 5. The summed E-state index contributed by atoms with van der Waals surface area (Å²) in [6.45, 7) is 7.75. The van der Waals surface area contributed by atoms with Crippen LogP contribution in [0.2, 0.25) is 0 Å². The number of carbonyl (C=O) groups excluding carboxylic acids is 1. The maximum absolute atomic E-state index is 13.0. The molecule has 1 aliphatic rings. The SMILES string of the molecule is Cc1cc(N2CCCC(c3ncc(C(=O)NCc4ccc(F)cc4)c(C)n3)C2)nc(C)n1. The quantitative estimate of drug-likeness (QED) is 0.660. The van der Waals surface area contributed by atoms with Gasteiger partial charge in [0.05, 0.1) is 11.3 Å². The van der Waals surface area contributed by atoms with Crippen LogP contribution in [0.25, 0.3) is 0 Å². The van der Waals surface area contributed by atoms with E-state index in [0.29, 0.717) is 17.8 Å². The molecule has 1 aromatic carbocycles. The highest BCUT2D eigenvalue weighted by atomic mass is 19.1.